The number of aromatic nitrogens is 4. The highest BCUT2D eigenvalue weighted by Crippen LogP contribution is 2.36. The third kappa shape index (κ3) is 3.06. The van der Waals surface area contributed by atoms with Crippen molar-refractivity contribution >= 4 is 29.2 Å². The van der Waals surface area contributed by atoms with E-state index in [1.807, 2.05) is 24.7 Å². The van der Waals surface area contributed by atoms with E-state index in [9.17, 15) is 0 Å². The minimum Gasteiger partial charge on any atom is -0.366 e. The Labute approximate surface area is 146 Å². The van der Waals surface area contributed by atoms with Crippen LogP contribution in [0.1, 0.15) is 18.5 Å². The van der Waals surface area contributed by atoms with Crippen molar-refractivity contribution in [2.75, 3.05) is 23.7 Å². The molecule has 2 fully saturated rings. The number of nitrogens with zero attached hydrogens (tertiary/aromatic N) is 4. The van der Waals surface area contributed by atoms with Gasteiger partial charge in [0.05, 0.1) is 6.20 Å². The summed E-state index contributed by atoms with van der Waals surface area (Å²) in [7, 11) is 1.90. The predicted octanol–water partition coefficient (Wildman–Crippen LogP) is 2.33. The van der Waals surface area contributed by atoms with Crippen LogP contribution in [0, 0.1) is 18.8 Å². The Kier molecular flexibility index (Phi) is 4.05. The number of fused-ring (bicyclic) bond motifs is 1. The lowest BCUT2D eigenvalue weighted by Crippen LogP contribution is -2.21. The average Bonchev–Trinajstić information content (AvgIpc) is 3.19. The summed E-state index contributed by atoms with van der Waals surface area (Å²) in [6, 6.07) is 2.38. The third-order valence-electron chi connectivity index (χ3n) is 5.09. The fourth-order valence-electron chi connectivity index (χ4n) is 3.74. The SMILES string of the molecule is Cc1cc(Nc2ncc(Cl)c(NC3CC4CNCC4C3)n2)nn1C. The maximum Gasteiger partial charge on any atom is 0.230 e. The molecule has 24 heavy (non-hydrogen) atoms. The number of aryl methyl sites for hydroxylation is 2. The largest absolute Gasteiger partial charge is 0.366 e. The Hall–Kier alpha value is -1.86. The molecule has 2 unspecified atom stereocenters. The normalized spacial score (nSPS) is 25.7. The first-order valence-corrected chi connectivity index (χ1v) is 8.74. The summed E-state index contributed by atoms with van der Waals surface area (Å²) in [5, 5.41) is 15.0. The zero-order valence-electron chi connectivity index (χ0n) is 13.9. The lowest BCUT2D eigenvalue weighted by Gasteiger charge is -2.16. The van der Waals surface area contributed by atoms with Gasteiger partial charge < -0.3 is 16.0 Å². The molecule has 0 bridgehead atoms. The first-order valence-electron chi connectivity index (χ1n) is 8.36. The molecule has 2 aromatic heterocycles. The molecule has 2 atom stereocenters. The average molecular weight is 348 g/mol. The highest BCUT2D eigenvalue weighted by atomic mass is 35.5. The molecule has 1 aliphatic carbocycles. The third-order valence-corrected chi connectivity index (χ3v) is 5.37. The summed E-state index contributed by atoms with van der Waals surface area (Å²) in [5.74, 6) is 3.47. The van der Waals surface area contributed by atoms with E-state index < -0.39 is 0 Å². The van der Waals surface area contributed by atoms with Crippen LogP contribution in [-0.2, 0) is 7.05 Å². The molecule has 8 heteroatoms. The van der Waals surface area contributed by atoms with Gasteiger partial charge >= 0.3 is 0 Å². The molecule has 1 saturated heterocycles. The molecule has 0 spiro atoms. The second-order valence-electron chi connectivity index (χ2n) is 6.80. The molecule has 0 amide bonds. The molecule has 7 nitrogen and oxygen atoms in total. The summed E-state index contributed by atoms with van der Waals surface area (Å²) < 4.78 is 1.81. The summed E-state index contributed by atoms with van der Waals surface area (Å²) in [6.45, 7) is 4.26. The van der Waals surface area contributed by atoms with Gasteiger partial charge in [-0.25, -0.2) is 4.98 Å². The number of hydrogen-bond acceptors (Lipinski definition) is 6. The molecular formula is C16H22ClN7. The molecule has 0 radical (unpaired) electrons. The van der Waals surface area contributed by atoms with Crippen molar-refractivity contribution in [2.45, 2.75) is 25.8 Å². The molecule has 1 saturated carbocycles. The van der Waals surface area contributed by atoms with Crippen molar-refractivity contribution in [3.8, 4) is 0 Å². The summed E-state index contributed by atoms with van der Waals surface area (Å²) >= 11 is 6.28. The van der Waals surface area contributed by atoms with E-state index in [-0.39, 0.29) is 0 Å². The fraction of sp³-hybridized carbons (Fsp3) is 0.562. The van der Waals surface area contributed by atoms with Gasteiger partial charge in [0.2, 0.25) is 5.95 Å². The molecule has 2 aromatic rings. The van der Waals surface area contributed by atoms with E-state index in [0.717, 1.165) is 36.4 Å². The Balaban J connectivity index is 1.47. The van der Waals surface area contributed by atoms with Crippen molar-refractivity contribution in [2.24, 2.45) is 18.9 Å². The van der Waals surface area contributed by atoms with Crippen molar-refractivity contribution in [1.82, 2.24) is 25.1 Å². The van der Waals surface area contributed by atoms with Crippen LogP contribution in [0.5, 0.6) is 0 Å². The zero-order chi connectivity index (χ0) is 16.7. The van der Waals surface area contributed by atoms with E-state index in [4.69, 9.17) is 11.6 Å². The van der Waals surface area contributed by atoms with Crippen LogP contribution in [0.15, 0.2) is 12.3 Å². The molecule has 1 aliphatic heterocycles. The molecule has 3 heterocycles. The quantitative estimate of drug-likeness (QED) is 0.787. The highest BCUT2D eigenvalue weighted by molar-refractivity contribution is 6.32. The van der Waals surface area contributed by atoms with Crippen molar-refractivity contribution in [1.29, 1.82) is 0 Å². The van der Waals surface area contributed by atoms with Crippen LogP contribution in [0.2, 0.25) is 5.02 Å². The van der Waals surface area contributed by atoms with Crippen LogP contribution in [0.3, 0.4) is 0 Å². The van der Waals surface area contributed by atoms with Gasteiger partial charge in [-0.15, -0.1) is 0 Å². The van der Waals surface area contributed by atoms with Crippen molar-refractivity contribution in [3.63, 3.8) is 0 Å². The molecule has 3 N–H and O–H groups in total. The molecule has 2 aliphatic rings. The van der Waals surface area contributed by atoms with Crippen LogP contribution in [0.4, 0.5) is 17.6 Å². The molecule has 0 aromatic carbocycles. The fourth-order valence-corrected chi connectivity index (χ4v) is 3.89. The summed E-state index contributed by atoms with van der Waals surface area (Å²) in [5.41, 5.74) is 1.07. The van der Waals surface area contributed by atoms with Crippen LogP contribution < -0.4 is 16.0 Å². The maximum atomic E-state index is 6.28. The first kappa shape index (κ1) is 15.7. The number of hydrogen-bond donors (Lipinski definition) is 3. The standard InChI is InChI=1S/C16H22ClN7/c1-9-3-14(23-24(9)2)21-16-19-8-13(17)15(22-16)20-12-4-10-6-18-7-11(10)5-12/h3,8,10-12,18H,4-7H2,1-2H3,(H2,19,20,21,22,23). The van der Waals surface area contributed by atoms with Gasteiger partial charge in [0.1, 0.15) is 5.02 Å². The smallest absolute Gasteiger partial charge is 0.230 e. The minimum absolute atomic E-state index is 0.430. The zero-order valence-corrected chi connectivity index (χ0v) is 14.6. The van der Waals surface area contributed by atoms with Crippen LogP contribution >= 0.6 is 11.6 Å². The van der Waals surface area contributed by atoms with Gasteiger partial charge in [0.15, 0.2) is 11.6 Å². The Morgan fingerprint density at radius 2 is 2.04 bits per heavy atom. The number of anilines is 3. The maximum absolute atomic E-state index is 6.28. The summed E-state index contributed by atoms with van der Waals surface area (Å²) in [6.07, 6.45) is 3.97. The molecular weight excluding hydrogens is 326 g/mol. The van der Waals surface area contributed by atoms with Crippen molar-refractivity contribution in [3.05, 3.63) is 23.0 Å². The number of rotatable bonds is 4. The van der Waals surface area contributed by atoms with Gasteiger partial charge in [0, 0.05) is 24.8 Å². The lowest BCUT2D eigenvalue weighted by atomic mass is 10.0. The number of nitrogens with one attached hydrogen (secondary N) is 3. The van der Waals surface area contributed by atoms with E-state index >= 15 is 0 Å². The van der Waals surface area contributed by atoms with E-state index in [0.29, 0.717) is 22.8 Å². The van der Waals surface area contributed by atoms with Gasteiger partial charge in [-0.1, -0.05) is 11.6 Å². The van der Waals surface area contributed by atoms with Gasteiger partial charge in [-0.05, 0) is 44.7 Å². The molecule has 4 rings (SSSR count). The monoisotopic (exact) mass is 347 g/mol. The summed E-state index contributed by atoms with van der Waals surface area (Å²) in [4.78, 5) is 8.79. The number of halogens is 1. The highest BCUT2D eigenvalue weighted by Gasteiger charge is 2.37. The van der Waals surface area contributed by atoms with E-state index in [1.54, 1.807) is 6.20 Å². The Morgan fingerprint density at radius 1 is 1.29 bits per heavy atom. The first-order chi connectivity index (χ1) is 11.6. The van der Waals surface area contributed by atoms with Crippen molar-refractivity contribution < 1.29 is 0 Å². The topological polar surface area (TPSA) is 79.7 Å². The van der Waals surface area contributed by atoms with E-state index in [1.165, 1.54) is 12.8 Å². The Morgan fingerprint density at radius 3 is 2.71 bits per heavy atom. The van der Waals surface area contributed by atoms with Crippen LogP contribution in [-0.4, -0.2) is 38.9 Å². The Bertz CT molecular complexity index is 713. The van der Waals surface area contributed by atoms with Crippen LogP contribution in [0.25, 0.3) is 0 Å². The van der Waals surface area contributed by atoms with Gasteiger partial charge in [-0.2, -0.15) is 10.1 Å². The predicted molar refractivity (Wildman–Crippen MR) is 94.8 cm³/mol. The van der Waals surface area contributed by atoms with Gasteiger partial charge in [0.25, 0.3) is 0 Å². The lowest BCUT2D eigenvalue weighted by molar-refractivity contribution is 0.494. The van der Waals surface area contributed by atoms with Gasteiger partial charge in [-0.3, -0.25) is 4.68 Å². The molecule has 128 valence electrons. The second kappa shape index (κ2) is 6.22. The van der Waals surface area contributed by atoms with E-state index in [2.05, 4.69) is 31.0 Å². The minimum atomic E-state index is 0.430. The second-order valence-corrected chi connectivity index (χ2v) is 7.21.